The highest BCUT2D eigenvalue weighted by Gasteiger charge is 2.34. The highest BCUT2D eigenvalue weighted by Crippen LogP contribution is 2.42. The molecule has 2 aliphatic carbocycles. The van der Waals surface area contributed by atoms with Gasteiger partial charge in [0.1, 0.15) is 0 Å². The molecule has 0 unspecified atom stereocenters. The lowest BCUT2D eigenvalue weighted by Crippen LogP contribution is -2.42. The molecule has 5 rings (SSSR count). The molecule has 2 fully saturated rings. The first-order valence-electron chi connectivity index (χ1n) is 13.2. The highest BCUT2D eigenvalue weighted by atomic mass is 16.5. The van der Waals surface area contributed by atoms with Gasteiger partial charge >= 0.3 is 12.1 Å². The van der Waals surface area contributed by atoms with Crippen molar-refractivity contribution in [2.45, 2.75) is 89.6 Å². The van der Waals surface area contributed by atoms with Crippen LogP contribution in [0.4, 0.5) is 10.5 Å². The Morgan fingerprint density at radius 1 is 1.09 bits per heavy atom. The van der Waals surface area contributed by atoms with Crippen LogP contribution in [0.2, 0.25) is 0 Å². The van der Waals surface area contributed by atoms with E-state index in [2.05, 4.69) is 4.57 Å². The number of carboxylic acids is 1. The molecule has 0 saturated heterocycles. The Bertz CT molecular complexity index is 1080. The first-order chi connectivity index (χ1) is 17.0. The number of benzene rings is 1. The summed E-state index contributed by atoms with van der Waals surface area (Å²) in [5, 5.41) is 9.46. The molecule has 2 aromatic rings. The fourth-order valence-corrected chi connectivity index (χ4v) is 6.41. The number of carboxylic acid groups (broad SMARTS) is 1. The highest BCUT2D eigenvalue weighted by molar-refractivity contribution is 5.95. The minimum atomic E-state index is -0.696. The van der Waals surface area contributed by atoms with Crippen molar-refractivity contribution in [3.05, 3.63) is 17.7 Å². The number of methoxy groups -OCH3 is 1. The second-order valence-corrected chi connectivity index (χ2v) is 10.6. The number of carbonyl (C=O) groups excluding carboxylic acids is 1. The fourth-order valence-electron chi connectivity index (χ4n) is 6.41. The monoisotopic (exact) mass is 483 g/mol. The van der Waals surface area contributed by atoms with Gasteiger partial charge in [0.2, 0.25) is 0 Å². The number of amides is 1. The molecule has 2 saturated carbocycles. The fraction of sp³-hybridized carbons (Fsp3) is 0.667. The van der Waals surface area contributed by atoms with E-state index in [0.717, 1.165) is 60.3 Å². The van der Waals surface area contributed by atoms with E-state index in [9.17, 15) is 14.7 Å². The van der Waals surface area contributed by atoms with Crippen LogP contribution in [0.5, 0.6) is 6.01 Å². The summed E-state index contributed by atoms with van der Waals surface area (Å²) in [4.78, 5) is 30.8. The Labute approximate surface area is 206 Å². The third-order valence-electron chi connectivity index (χ3n) is 8.44. The van der Waals surface area contributed by atoms with Gasteiger partial charge in [-0.25, -0.2) is 4.79 Å². The minimum Gasteiger partial charge on any atom is -0.481 e. The Morgan fingerprint density at radius 2 is 1.83 bits per heavy atom. The molecule has 3 aliphatic rings. The van der Waals surface area contributed by atoms with E-state index in [0.29, 0.717) is 25.5 Å². The van der Waals surface area contributed by atoms with Crippen molar-refractivity contribution < 1.29 is 24.2 Å². The second-order valence-electron chi connectivity index (χ2n) is 10.6. The average Bonchev–Trinajstić information content (AvgIpc) is 3.51. The lowest BCUT2D eigenvalue weighted by molar-refractivity contribution is -0.143. The number of hydrogen-bond acceptors (Lipinski definition) is 5. The van der Waals surface area contributed by atoms with Crippen molar-refractivity contribution in [3.63, 3.8) is 0 Å². The maximum Gasteiger partial charge on any atom is 0.414 e. The Morgan fingerprint density at radius 3 is 2.51 bits per heavy atom. The molecule has 8 nitrogen and oxygen atoms in total. The Hall–Kier alpha value is -2.77. The topological polar surface area (TPSA) is 93.9 Å². The molecule has 0 spiro atoms. The van der Waals surface area contributed by atoms with Crippen molar-refractivity contribution in [1.82, 2.24) is 9.55 Å². The van der Waals surface area contributed by atoms with Crippen LogP contribution in [0.25, 0.3) is 11.0 Å². The number of aryl methyl sites for hydroxylation is 1. The predicted octanol–water partition coefficient (Wildman–Crippen LogP) is 5.72. The SMILES string of the molecule is COC(=O)N1c2ccc3c(nc(OCCC4CCCC4)n3[C@H]3CC[C@H](C(=O)O)CC3)c2CC[C@@H]1C. The number of imidazole rings is 1. The third kappa shape index (κ3) is 4.59. The van der Waals surface area contributed by atoms with Crippen molar-refractivity contribution in [2.75, 3.05) is 18.6 Å². The number of rotatable bonds is 6. The van der Waals surface area contributed by atoms with Gasteiger partial charge in [-0.1, -0.05) is 25.7 Å². The summed E-state index contributed by atoms with van der Waals surface area (Å²) >= 11 is 0. The molecule has 35 heavy (non-hydrogen) atoms. The van der Waals surface area contributed by atoms with Crippen LogP contribution in [-0.4, -0.2) is 46.5 Å². The van der Waals surface area contributed by atoms with Crippen molar-refractivity contribution in [1.29, 1.82) is 0 Å². The molecule has 0 radical (unpaired) electrons. The molecule has 0 bridgehead atoms. The Balaban J connectivity index is 1.50. The summed E-state index contributed by atoms with van der Waals surface area (Å²) in [7, 11) is 1.42. The zero-order valence-corrected chi connectivity index (χ0v) is 20.9. The molecule has 1 N–H and O–H groups in total. The smallest absolute Gasteiger partial charge is 0.414 e. The lowest BCUT2D eigenvalue weighted by atomic mass is 9.86. The van der Waals surface area contributed by atoms with Gasteiger partial charge in [-0.3, -0.25) is 14.3 Å². The summed E-state index contributed by atoms with van der Waals surface area (Å²) in [6, 6.07) is 4.90. The first-order valence-corrected chi connectivity index (χ1v) is 13.2. The molecule has 1 aliphatic heterocycles. The summed E-state index contributed by atoms with van der Waals surface area (Å²) in [6.45, 7) is 2.69. The van der Waals surface area contributed by atoms with Crippen molar-refractivity contribution in [3.8, 4) is 6.01 Å². The number of aliphatic carboxylic acids is 1. The van der Waals surface area contributed by atoms with Gasteiger partial charge in [0.05, 0.1) is 36.4 Å². The maximum absolute atomic E-state index is 12.6. The number of carbonyl (C=O) groups is 2. The van der Waals surface area contributed by atoms with Gasteiger partial charge in [-0.15, -0.1) is 0 Å². The quantitative estimate of drug-likeness (QED) is 0.565. The third-order valence-corrected chi connectivity index (χ3v) is 8.44. The van der Waals surface area contributed by atoms with E-state index in [1.54, 1.807) is 4.90 Å². The van der Waals surface area contributed by atoms with Gasteiger partial charge < -0.3 is 14.6 Å². The van der Waals surface area contributed by atoms with Crippen LogP contribution in [-0.2, 0) is 16.0 Å². The van der Waals surface area contributed by atoms with Crippen LogP contribution >= 0.6 is 0 Å². The zero-order valence-electron chi connectivity index (χ0n) is 20.9. The second kappa shape index (κ2) is 10.1. The molecule has 1 atom stereocenters. The normalized spacial score (nSPS) is 25.0. The molecule has 190 valence electrons. The van der Waals surface area contributed by atoms with Gasteiger partial charge in [-0.05, 0) is 69.9 Å². The predicted molar refractivity (Wildman–Crippen MR) is 133 cm³/mol. The number of ether oxygens (including phenoxy) is 2. The van der Waals surface area contributed by atoms with E-state index in [-0.39, 0.29) is 24.1 Å². The molecule has 1 aromatic carbocycles. The summed E-state index contributed by atoms with van der Waals surface area (Å²) in [5.74, 6) is -0.226. The Kier molecular flexibility index (Phi) is 6.89. The van der Waals surface area contributed by atoms with Crippen LogP contribution in [0.1, 0.15) is 82.7 Å². The van der Waals surface area contributed by atoms with Crippen LogP contribution < -0.4 is 9.64 Å². The molecule has 8 heteroatoms. The van der Waals surface area contributed by atoms with Crippen LogP contribution in [0.15, 0.2) is 12.1 Å². The van der Waals surface area contributed by atoms with E-state index in [1.165, 1.54) is 32.8 Å². The minimum absolute atomic E-state index is 0.0583. The van der Waals surface area contributed by atoms with Gasteiger partial charge in [0.25, 0.3) is 6.01 Å². The van der Waals surface area contributed by atoms with Crippen LogP contribution in [0.3, 0.4) is 0 Å². The lowest BCUT2D eigenvalue weighted by Gasteiger charge is -2.34. The summed E-state index contributed by atoms with van der Waals surface area (Å²) in [5.41, 5.74) is 3.82. The van der Waals surface area contributed by atoms with Crippen LogP contribution in [0, 0.1) is 11.8 Å². The van der Waals surface area contributed by atoms with E-state index >= 15 is 0 Å². The number of hydrogen-bond donors (Lipinski definition) is 1. The molecule has 2 heterocycles. The average molecular weight is 484 g/mol. The standard InChI is InChI=1S/C27H37N3O5/c1-17-7-12-21-22(29(17)27(33)34-2)13-14-23-24(21)28-26(35-16-15-18-5-3-4-6-18)30(23)20-10-8-19(9-11-20)25(31)32/h13-14,17-20H,3-12,15-16H2,1-2H3,(H,31,32)/t17-,19-,20-/m0/s1. The summed E-state index contributed by atoms with van der Waals surface area (Å²) < 4.78 is 13.6. The van der Waals surface area contributed by atoms with Crippen molar-refractivity contribution >= 4 is 28.8 Å². The molecular weight excluding hydrogens is 446 g/mol. The largest absolute Gasteiger partial charge is 0.481 e. The number of fused-ring (bicyclic) bond motifs is 3. The van der Waals surface area contributed by atoms with E-state index in [1.807, 2.05) is 19.1 Å². The number of anilines is 1. The molecular formula is C27H37N3O5. The van der Waals surface area contributed by atoms with Gasteiger partial charge in [0, 0.05) is 17.6 Å². The number of aromatic nitrogens is 2. The summed E-state index contributed by atoms with van der Waals surface area (Å²) in [6.07, 6.45) is 10.5. The zero-order chi connectivity index (χ0) is 24.5. The maximum atomic E-state index is 12.6. The number of nitrogens with zero attached hydrogens (tertiary/aromatic N) is 3. The molecule has 1 aromatic heterocycles. The molecule has 1 amide bonds. The van der Waals surface area contributed by atoms with Gasteiger partial charge in [0.15, 0.2) is 0 Å². The van der Waals surface area contributed by atoms with Gasteiger partial charge in [-0.2, -0.15) is 4.98 Å². The van der Waals surface area contributed by atoms with Crippen molar-refractivity contribution in [2.24, 2.45) is 11.8 Å². The first kappa shape index (κ1) is 23.9. The van der Waals surface area contributed by atoms with E-state index < -0.39 is 5.97 Å². The van der Waals surface area contributed by atoms with E-state index in [4.69, 9.17) is 14.5 Å².